The molecule has 0 unspecified atom stereocenters. The normalized spacial score (nSPS) is 23.6. The van der Waals surface area contributed by atoms with Crippen molar-refractivity contribution >= 4 is 8.07 Å². The first-order valence-electron chi connectivity index (χ1n) is 5.27. The van der Waals surface area contributed by atoms with Crippen molar-refractivity contribution in [2.45, 2.75) is 63.0 Å². The van der Waals surface area contributed by atoms with Crippen LogP contribution in [0, 0.1) is 0 Å². The minimum atomic E-state index is -3.99. The Morgan fingerprint density at radius 2 is 1.36 bits per heavy atom. The summed E-state index contributed by atoms with van der Waals surface area (Å²) in [5.74, 6) is 0. The number of rotatable bonds is 1. The van der Waals surface area contributed by atoms with E-state index < -0.39 is 19.3 Å². The molecule has 14 heavy (non-hydrogen) atoms. The van der Waals surface area contributed by atoms with Gasteiger partial charge < -0.3 is 0 Å². The fraction of sp³-hybridized carbons (Fsp3) is 1.00. The van der Waals surface area contributed by atoms with Crippen molar-refractivity contribution in [1.82, 2.24) is 0 Å². The van der Waals surface area contributed by atoms with E-state index in [0.717, 1.165) is 19.3 Å². The average Bonchev–Trinajstić information content (AvgIpc) is 2.02. The van der Waals surface area contributed by atoms with Gasteiger partial charge in [0.25, 0.3) is 0 Å². The van der Waals surface area contributed by atoms with Crippen LogP contribution >= 0.6 is 0 Å². The summed E-state index contributed by atoms with van der Waals surface area (Å²) < 4.78 is 39.4. The SMILES string of the molecule is C[Si](C)(C)C1(C(F)(F)F)CCCCC1. The third-order valence-corrected chi connectivity index (χ3v) is 7.34. The molecule has 1 aliphatic rings. The van der Waals surface area contributed by atoms with E-state index >= 15 is 0 Å². The molecule has 4 heteroatoms. The van der Waals surface area contributed by atoms with E-state index in [4.69, 9.17) is 0 Å². The van der Waals surface area contributed by atoms with Crippen LogP contribution in [0.15, 0.2) is 0 Å². The Balaban J connectivity index is 3.01. The van der Waals surface area contributed by atoms with Crippen LogP contribution < -0.4 is 0 Å². The van der Waals surface area contributed by atoms with Crippen molar-refractivity contribution in [3.05, 3.63) is 0 Å². The summed E-state index contributed by atoms with van der Waals surface area (Å²) in [5, 5.41) is -1.31. The van der Waals surface area contributed by atoms with E-state index in [-0.39, 0.29) is 0 Å². The second kappa shape index (κ2) is 3.54. The summed E-state index contributed by atoms with van der Waals surface area (Å²) >= 11 is 0. The molecule has 0 aliphatic heterocycles. The Hall–Kier alpha value is 0.00688. The van der Waals surface area contributed by atoms with Crippen molar-refractivity contribution in [2.24, 2.45) is 0 Å². The van der Waals surface area contributed by atoms with E-state index in [1.165, 1.54) is 0 Å². The summed E-state index contributed by atoms with van der Waals surface area (Å²) in [4.78, 5) is 0. The molecule has 1 saturated carbocycles. The van der Waals surface area contributed by atoms with Crippen molar-refractivity contribution in [1.29, 1.82) is 0 Å². The number of alkyl halides is 3. The molecule has 0 radical (unpaired) electrons. The first kappa shape index (κ1) is 12.1. The second-order valence-electron chi connectivity index (χ2n) is 5.39. The van der Waals surface area contributed by atoms with Gasteiger partial charge in [-0.15, -0.1) is 0 Å². The van der Waals surface area contributed by atoms with Crippen LogP contribution in [0.2, 0.25) is 24.7 Å². The molecule has 0 saturated heterocycles. The second-order valence-corrected chi connectivity index (χ2v) is 10.8. The lowest BCUT2D eigenvalue weighted by molar-refractivity contribution is -0.176. The molecule has 84 valence electrons. The number of hydrogen-bond donors (Lipinski definition) is 0. The highest BCUT2D eigenvalue weighted by Gasteiger charge is 2.61. The minimum Gasteiger partial charge on any atom is -0.171 e. The Bertz CT molecular complexity index is 180. The van der Waals surface area contributed by atoms with E-state index in [1.807, 2.05) is 19.6 Å². The first-order chi connectivity index (χ1) is 6.21. The Labute approximate surface area is 84.9 Å². The van der Waals surface area contributed by atoms with Gasteiger partial charge >= 0.3 is 6.18 Å². The lowest BCUT2D eigenvalue weighted by Crippen LogP contribution is -2.50. The maximum absolute atomic E-state index is 13.1. The highest BCUT2D eigenvalue weighted by molar-refractivity contribution is 6.79. The maximum atomic E-state index is 13.1. The maximum Gasteiger partial charge on any atom is 0.392 e. The van der Waals surface area contributed by atoms with Crippen LogP contribution in [0.4, 0.5) is 13.2 Å². The summed E-state index contributed by atoms with van der Waals surface area (Å²) in [7, 11) is -2.17. The molecule has 0 nitrogen and oxygen atoms in total. The molecule has 0 N–H and O–H groups in total. The lowest BCUT2D eigenvalue weighted by atomic mass is 9.87. The van der Waals surface area contributed by atoms with E-state index in [1.54, 1.807) is 0 Å². The molecule has 0 spiro atoms. The quantitative estimate of drug-likeness (QED) is 0.571. The summed E-state index contributed by atoms with van der Waals surface area (Å²) in [6.45, 7) is 5.56. The average molecular weight is 224 g/mol. The zero-order valence-corrected chi connectivity index (χ0v) is 10.2. The van der Waals surface area contributed by atoms with Crippen molar-refractivity contribution < 1.29 is 13.2 Å². The van der Waals surface area contributed by atoms with Gasteiger partial charge in [0.1, 0.15) is 0 Å². The molecule has 0 bridgehead atoms. The van der Waals surface area contributed by atoms with Crippen LogP contribution in [-0.2, 0) is 0 Å². The van der Waals surface area contributed by atoms with Gasteiger partial charge in [0, 0.05) is 0 Å². The molecule has 1 rings (SSSR count). The van der Waals surface area contributed by atoms with Gasteiger partial charge in [-0.3, -0.25) is 0 Å². The monoisotopic (exact) mass is 224 g/mol. The Kier molecular flexibility index (Phi) is 3.06. The van der Waals surface area contributed by atoms with Gasteiger partial charge in [0.2, 0.25) is 0 Å². The standard InChI is InChI=1S/C10H19F3Si/c1-14(2,3)9(10(11,12)13)7-5-4-6-8-9/h4-8H2,1-3H3. The van der Waals surface area contributed by atoms with Gasteiger partial charge in [-0.05, 0) is 12.8 Å². The van der Waals surface area contributed by atoms with Crippen LogP contribution in [0.3, 0.4) is 0 Å². The highest BCUT2D eigenvalue weighted by atomic mass is 28.3. The number of hydrogen-bond acceptors (Lipinski definition) is 0. The summed E-state index contributed by atoms with van der Waals surface area (Å²) in [6.07, 6.45) is -0.772. The lowest BCUT2D eigenvalue weighted by Gasteiger charge is -2.47. The fourth-order valence-corrected chi connectivity index (χ4v) is 5.32. The molecule has 0 aromatic carbocycles. The predicted molar refractivity (Wildman–Crippen MR) is 55.2 cm³/mol. The molecule has 1 aliphatic carbocycles. The molecular formula is C10H19F3Si. The molecule has 0 atom stereocenters. The topological polar surface area (TPSA) is 0 Å². The summed E-state index contributed by atoms with van der Waals surface area (Å²) in [6, 6.07) is 0. The van der Waals surface area contributed by atoms with E-state index in [0.29, 0.717) is 12.8 Å². The molecule has 0 amide bonds. The molecule has 0 aromatic rings. The molecular weight excluding hydrogens is 205 g/mol. The largest absolute Gasteiger partial charge is 0.392 e. The summed E-state index contributed by atoms with van der Waals surface area (Å²) in [5.41, 5.74) is 0. The molecule has 1 fully saturated rings. The predicted octanol–water partition coefficient (Wildman–Crippen LogP) is 4.59. The zero-order chi connectivity index (χ0) is 11.0. The fourth-order valence-electron chi connectivity index (χ4n) is 2.61. The van der Waals surface area contributed by atoms with Crippen LogP contribution in [0.25, 0.3) is 0 Å². The Morgan fingerprint density at radius 1 is 0.929 bits per heavy atom. The molecule has 0 aromatic heterocycles. The third-order valence-electron chi connectivity index (χ3n) is 3.69. The van der Waals surface area contributed by atoms with Gasteiger partial charge in [0.15, 0.2) is 0 Å². The van der Waals surface area contributed by atoms with Crippen molar-refractivity contribution in [2.75, 3.05) is 0 Å². The van der Waals surface area contributed by atoms with E-state index in [2.05, 4.69) is 0 Å². The van der Waals surface area contributed by atoms with Crippen LogP contribution in [0.5, 0.6) is 0 Å². The molecule has 0 heterocycles. The first-order valence-corrected chi connectivity index (χ1v) is 8.77. The highest BCUT2D eigenvalue weighted by Crippen LogP contribution is 2.60. The van der Waals surface area contributed by atoms with Crippen molar-refractivity contribution in [3.63, 3.8) is 0 Å². The smallest absolute Gasteiger partial charge is 0.171 e. The number of halogens is 3. The third kappa shape index (κ3) is 1.85. The van der Waals surface area contributed by atoms with Crippen LogP contribution in [0.1, 0.15) is 32.1 Å². The van der Waals surface area contributed by atoms with Gasteiger partial charge in [0.05, 0.1) is 13.1 Å². The van der Waals surface area contributed by atoms with Crippen molar-refractivity contribution in [3.8, 4) is 0 Å². The zero-order valence-electron chi connectivity index (χ0n) is 9.17. The Morgan fingerprint density at radius 3 is 1.57 bits per heavy atom. The van der Waals surface area contributed by atoms with E-state index in [9.17, 15) is 13.2 Å². The van der Waals surface area contributed by atoms with Gasteiger partial charge in [-0.25, -0.2) is 0 Å². The van der Waals surface area contributed by atoms with Gasteiger partial charge in [-0.1, -0.05) is 38.9 Å². The van der Waals surface area contributed by atoms with Crippen LogP contribution in [-0.4, -0.2) is 14.3 Å². The van der Waals surface area contributed by atoms with Gasteiger partial charge in [-0.2, -0.15) is 13.2 Å². The minimum absolute atomic E-state index is 0.367.